The lowest BCUT2D eigenvalue weighted by molar-refractivity contribution is 0.174. The fourth-order valence-corrected chi connectivity index (χ4v) is 5.79. The lowest BCUT2D eigenvalue weighted by atomic mass is 9.91. The third-order valence-corrected chi connectivity index (χ3v) is 7.80. The zero-order valence-electron chi connectivity index (χ0n) is 20.5. The summed E-state index contributed by atoms with van der Waals surface area (Å²) in [5.41, 5.74) is 10.8. The lowest BCUT2D eigenvalue weighted by Gasteiger charge is -2.32. The van der Waals surface area contributed by atoms with Crippen LogP contribution in [0, 0.1) is 5.92 Å². The Balaban J connectivity index is 1.01. The van der Waals surface area contributed by atoms with Crippen molar-refractivity contribution < 1.29 is 0 Å². The van der Waals surface area contributed by atoms with Crippen molar-refractivity contribution in [3.05, 3.63) is 78.4 Å². The van der Waals surface area contributed by atoms with Gasteiger partial charge in [-0.2, -0.15) is 0 Å². The highest BCUT2D eigenvalue weighted by Crippen LogP contribution is 2.29. The largest absolute Gasteiger partial charge is 0.399 e. The molecule has 3 aromatic carbocycles. The first-order valence-electron chi connectivity index (χ1n) is 13.3. The Morgan fingerprint density at radius 3 is 1.97 bits per heavy atom. The van der Waals surface area contributed by atoms with E-state index < -0.39 is 0 Å². The summed E-state index contributed by atoms with van der Waals surface area (Å²) in [6.07, 6.45) is 10.5. The molecule has 2 heterocycles. The first-order chi connectivity index (χ1) is 16.8. The molecule has 0 bridgehead atoms. The number of nitrogens with two attached hydrogens (primary N) is 1. The van der Waals surface area contributed by atoms with Crippen molar-refractivity contribution in [1.29, 1.82) is 0 Å². The number of aromatic nitrogens is 1. The zero-order valence-corrected chi connectivity index (χ0v) is 20.5. The lowest BCUT2D eigenvalue weighted by Crippen LogP contribution is -2.34. The minimum atomic E-state index is 0.863. The van der Waals surface area contributed by atoms with E-state index in [2.05, 4.69) is 70.1 Å². The average molecular weight is 454 g/mol. The molecule has 2 N–H and O–H groups in total. The summed E-state index contributed by atoms with van der Waals surface area (Å²) >= 11 is 0. The second-order valence-corrected chi connectivity index (χ2v) is 10.2. The number of fused-ring (bicyclic) bond motifs is 3. The van der Waals surface area contributed by atoms with Crippen LogP contribution in [0.15, 0.2) is 72.8 Å². The quantitative estimate of drug-likeness (QED) is 0.202. The van der Waals surface area contributed by atoms with Gasteiger partial charge in [-0.15, -0.1) is 0 Å². The summed E-state index contributed by atoms with van der Waals surface area (Å²) in [4.78, 5) is 2.71. The number of nitrogens with zero attached hydrogens (tertiary/aromatic N) is 2. The number of rotatable bonds is 10. The molecule has 1 aliphatic heterocycles. The van der Waals surface area contributed by atoms with Gasteiger partial charge >= 0.3 is 0 Å². The third-order valence-electron chi connectivity index (χ3n) is 7.80. The Bertz CT molecular complexity index is 1130. The fourth-order valence-electron chi connectivity index (χ4n) is 5.79. The van der Waals surface area contributed by atoms with E-state index in [1.165, 1.54) is 98.4 Å². The number of anilines is 1. The first kappa shape index (κ1) is 23.0. The Morgan fingerprint density at radius 2 is 1.29 bits per heavy atom. The highest BCUT2D eigenvalue weighted by molar-refractivity contribution is 6.07. The minimum absolute atomic E-state index is 0.863. The van der Waals surface area contributed by atoms with Crippen molar-refractivity contribution in [2.75, 3.05) is 25.4 Å². The van der Waals surface area contributed by atoms with Gasteiger partial charge in [0.2, 0.25) is 0 Å². The summed E-state index contributed by atoms with van der Waals surface area (Å²) in [6, 6.07) is 26.1. The number of likely N-dealkylation sites (tertiary alicyclic amines) is 1. The van der Waals surface area contributed by atoms with Crippen LogP contribution in [0.4, 0.5) is 5.69 Å². The van der Waals surface area contributed by atoms with Crippen molar-refractivity contribution in [1.82, 2.24) is 9.47 Å². The molecule has 3 nitrogen and oxygen atoms in total. The van der Waals surface area contributed by atoms with Crippen molar-refractivity contribution in [3.8, 4) is 0 Å². The number of hydrogen-bond acceptors (Lipinski definition) is 2. The van der Waals surface area contributed by atoms with Crippen LogP contribution < -0.4 is 5.73 Å². The van der Waals surface area contributed by atoms with Crippen LogP contribution in [0.5, 0.6) is 0 Å². The van der Waals surface area contributed by atoms with Gasteiger partial charge in [0.05, 0.1) is 0 Å². The van der Waals surface area contributed by atoms with Crippen LogP contribution in [0.2, 0.25) is 0 Å². The highest BCUT2D eigenvalue weighted by Gasteiger charge is 2.18. The molecular weight excluding hydrogens is 414 g/mol. The molecular formula is C31H39N3. The van der Waals surface area contributed by atoms with E-state index >= 15 is 0 Å². The van der Waals surface area contributed by atoms with E-state index in [9.17, 15) is 0 Å². The van der Waals surface area contributed by atoms with Crippen LogP contribution in [-0.2, 0) is 13.0 Å². The molecule has 0 spiro atoms. The summed E-state index contributed by atoms with van der Waals surface area (Å²) < 4.78 is 2.53. The van der Waals surface area contributed by atoms with Gasteiger partial charge in [0.15, 0.2) is 0 Å². The summed E-state index contributed by atoms with van der Waals surface area (Å²) in [5, 5.41) is 2.77. The van der Waals surface area contributed by atoms with E-state index in [0.717, 1.165) is 18.2 Å². The molecule has 4 aromatic rings. The molecule has 178 valence electrons. The summed E-state index contributed by atoms with van der Waals surface area (Å²) in [7, 11) is 0. The molecule has 3 heteroatoms. The van der Waals surface area contributed by atoms with E-state index in [-0.39, 0.29) is 0 Å². The maximum atomic E-state index is 5.79. The maximum Gasteiger partial charge on any atom is 0.0491 e. The van der Waals surface area contributed by atoms with Crippen LogP contribution in [0.25, 0.3) is 21.8 Å². The van der Waals surface area contributed by atoms with E-state index in [4.69, 9.17) is 5.73 Å². The average Bonchev–Trinajstić information content (AvgIpc) is 3.20. The number of hydrogen-bond donors (Lipinski definition) is 1. The van der Waals surface area contributed by atoms with Gasteiger partial charge in [-0.05, 0) is 93.9 Å². The third kappa shape index (κ3) is 5.47. The van der Waals surface area contributed by atoms with Gasteiger partial charge in [-0.1, -0.05) is 61.4 Å². The Hall–Kier alpha value is -2.78. The van der Waals surface area contributed by atoms with Gasteiger partial charge < -0.3 is 15.2 Å². The van der Waals surface area contributed by atoms with Crippen LogP contribution in [0.3, 0.4) is 0 Å². The predicted octanol–water partition coefficient (Wildman–Crippen LogP) is 7.28. The van der Waals surface area contributed by atoms with Gasteiger partial charge in [-0.3, -0.25) is 0 Å². The van der Waals surface area contributed by atoms with E-state index in [1.807, 2.05) is 12.1 Å². The Morgan fingerprint density at radius 1 is 0.676 bits per heavy atom. The molecule has 5 rings (SSSR count). The molecule has 0 amide bonds. The molecule has 1 saturated heterocycles. The van der Waals surface area contributed by atoms with Crippen molar-refractivity contribution in [3.63, 3.8) is 0 Å². The SMILES string of the molecule is Nc1ccc(CCCCC2CCN(CCCCn3c4ccccc4c4ccccc43)CC2)cc1. The number of piperidine rings is 1. The molecule has 1 fully saturated rings. The predicted molar refractivity (Wildman–Crippen MR) is 146 cm³/mol. The van der Waals surface area contributed by atoms with E-state index in [0.29, 0.717) is 0 Å². The fraction of sp³-hybridized carbons (Fsp3) is 0.419. The van der Waals surface area contributed by atoms with Gasteiger partial charge in [-0.25, -0.2) is 0 Å². The van der Waals surface area contributed by atoms with Gasteiger partial charge in [0.1, 0.15) is 0 Å². The number of nitrogen functional groups attached to an aromatic ring is 1. The number of aryl methyl sites for hydroxylation is 2. The normalized spacial score (nSPS) is 15.4. The standard InChI is InChI=1S/C31H39N3/c32-27-17-15-25(16-18-27)9-1-2-10-26-19-23-33(24-20-26)21-7-8-22-34-30-13-5-3-11-28(30)29-12-4-6-14-31(29)34/h3-6,11-18,26H,1-2,7-10,19-24,32H2. The van der Waals surface area contributed by atoms with Crippen LogP contribution >= 0.6 is 0 Å². The second kappa shape index (κ2) is 11.1. The zero-order chi connectivity index (χ0) is 23.2. The molecule has 0 aliphatic carbocycles. The molecule has 0 atom stereocenters. The summed E-state index contributed by atoms with van der Waals surface area (Å²) in [5.74, 6) is 0.931. The topological polar surface area (TPSA) is 34.2 Å². The number of para-hydroxylation sites is 2. The molecule has 0 unspecified atom stereocenters. The molecule has 1 aliphatic rings. The monoisotopic (exact) mass is 453 g/mol. The second-order valence-electron chi connectivity index (χ2n) is 10.2. The van der Waals surface area contributed by atoms with Crippen molar-refractivity contribution in [2.45, 2.75) is 57.9 Å². The number of benzene rings is 3. The number of unbranched alkanes of at least 4 members (excludes halogenated alkanes) is 2. The highest BCUT2D eigenvalue weighted by atomic mass is 15.1. The van der Waals surface area contributed by atoms with Crippen LogP contribution in [-0.4, -0.2) is 29.1 Å². The van der Waals surface area contributed by atoms with Crippen LogP contribution in [0.1, 0.15) is 50.5 Å². The van der Waals surface area contributed by atoms with Gasteiger partial charge in [0, 0.05) is 34.0 Å². The van der Waals surface area contributed by atoms with Crippen molar-refractivity contribution >= 4 is 27.5 Å². The Kier molecular flexibility index (Phi) is 7.50. The smallest absolute Gasteiger partial charge is 0.0491 e. The summed E-state index contributed by atoms with van der Waals surface area (Å²) in [6.45, 7) is 4.94. The Labute approximate surface area is 204 Å². The van der Waals surface area contributed by atoms with Gasteiger partial charge in [0.25, 0.3) is 0 Å². The molecule has 34 heavy (non-hydrogen) atoms. The van der Waals surface area contributed by atoms with E-state index in [1.54, 1.807) is 0 Å². The van der Waals surface area contributed by atoms with Crippen molar-refractivity contribution in [2.24, 2.45) is 5.92 Å². The maximum absolute atomic E-state index is 5.79. The minimum Gasteiger partial charge on any atom is -0.399 e. The molecule has 0 saturated carbocycles. The first-order valence-corrected chi connectivity index (χ1v) is 13.3. The molecule has 1 aromatic heterocycles. The molecule has 0 radical (unpaired) electrons.